The van der Waals surface area contributed by atoms with Crippen LogP contribution in [-0.4, -0.2) is 5.91 Å². The number of rotatable bonds is 5. The lowest BCUT2D eigenvalue weighted by atomic mass is 10.2. The molecule has 2 aromatic rings. The number of anilines is 2. The molecule has 0 saturated heterocycles. The first-order valence-corrected chi connectivity index (χ1v) is 6.87. The van der Waals surface area contributed by atoms with E-state index in [1.165, 1.54) is 5.56 Å². The first kappa shape index (κ1) is 12.6. The number of amides is 1. The van der Waals surface area contributed by atoms with Crippen molar-refractivity contribution >= 4 is 28.6 Å². The van der Waals surface area contributed by atoms with Crippen LogP contribution in [0, 0.1) is 0 Å². The molecule has 0 unspecified atom stereocenters. The van der Waals surface area contributed by atoms with Crippen LogP contribution in [0.15, 0.2) is 41.1 Å². The van der Waals surface area contributed by atoms with Crippen molar-refractivity contribution in [3.8, 4) is 0 Å². The Kier molecular flexibility index (Phi) is 4.36. The second-order valence-corrected chi connectivity index (χ2v) is 4.74. The normalized spacial score (nSPS) is 10.1. The Morgan fingerprint density at radius 2 is 1.89 bits per heavy atom. The standard InChI is InChI=1S/C14H16N2OS/c1-2-14(17)16-13-5-3-12(4-6-13)15-9-11-7-8-18-10-11/h3-8,10,15H,2,9H2,1H3,(H,16,17). The van der Waals surface area contributed by atoms with E-state index in [4.69, 9.17) is 0 Å². The predicted molar refractivity (Wildman–Crippen MR) is 77.0 cm³/mol. The maximum absolute atomic E-state index is 11.2. The van der Waals surface area contributed by atoms with Gasteiger partial charge in [-0.15, -0.1) is 0 Å². The molecule has 0 spiro atoms. The van der Waals surface area contributed by atoms with E-state index in [1.807, 2.05) is 31.2 Å². The number of hydrogen-bond donors (Lipinski definition) is 2. The highest BCUT2D eigenvalue weighted by atomic mass is 32.1. The summed E-state index contributed by atoms with van der Waals surface area (Å²) >= 11 is 1.70. The molecular weight excluding hydrogens is 244 g/mol. The maximum atomic E-state index is 11.2. The minimum Gasteiger partial charge on any atom is -0.381 e. The van der Waals surface area contributed by atoms with Gasteiger partial charge in [0.05, 0.1) is 0 Å². The molecule has 18 heavy (non-hydrogen) atoms. The van der Waals surface area contributed by atoms with Crippen LogP contribution in [0.25, 0.3) is 0 Å². The van der Waals surface area contributed by atoms with Crippen LogP contribution in [0.1, 0.15) is 18.9 Å². The van der Waals surface area contributed by atoms with E-state index in [2.05, 4.69) is 27.5 Å². The third-order valence-electron chi connectivity index (χ3n) is 2.57. The third-order valence-corrected chi connectivity index (χ3v) is 3.30. The van der Waals surface area contributed by atoms with Gasteiger partial charge < -0.3 is 10.6 Å². The van der Waals surface area contributed by atoms with E-state index < -0.39 is 0 Å². The van der Waals surface area contributed by atoms with Crippen LogP contribution in [0.4, 0.5) is 11.4 Å². The molecule has 0 saturated carbocycles. The summed E-state index contributed by atoms with van der Waals surface area (Å²) in [6.45, 7) is 2.66. The summed E-state index contributed by atoms with van der Waals surface area (Å²) in [4.78, 5) is 11.2. The van der Waals surface area contributed by atoms with Crippen molar-refractivity contribution in [2.24, 2.45) is 0 Å². The van der Waals surface area contributed by atoms with Gasteiger partial charge in [0, 0.05) is 24.3 Å². The van der Waals surface area contributed by atoms with E-state index in [1.54, 1.807) is 11.3 Å². The van der Waals surface area contributed by atoms with Crippen LogP contribution in [0.2, 0.25) is 0 Å². The van der Waals surface area contributed by atoms with Crippen molar-refractivity contribution in [2.75, 3.05) is 10.6 Å². The van der Waals surface area contributed by atoms with Crippen LogP contribution in [0.3, 0.4) is 0 Å². The molecule has 1 aromatic carbocycles. The Morgan fingerprint density at radius 1 is 1.17 bits per heavy atom. The van der Waals surface area contributed by atoms with Crippen molar-refractivity contribution in [3.63, 3.8) is 0 Å². The Bertz CT molecular complexity index is 491. The van der Waals surface area contributed by atoms with Crippen molar-refractivity contribution in [3.05, 3.63) is 46.7 Å². The first-order valence-electron chi connectivity index (χ1n) is 5.93. The summed E-state index contributed by atoms with van der Waals surface area (Å²) in [5, 5.41) is 10.4. The third kappa shape index (κ3) is 3.60. The highest BCUT2D eigenvalue weighted by molar-refractivity contribution is 7.07. The average Bonchev–Trinajstić information content (AvgIpc) is 2.91. The van der Waals surface area contributed by atoms with Crippen LogP contribution in [0.5, 0.6) is 0 Å². The topological polar surface area (TPSA) is 41.1 Å². The number of benzene rings is 1. The average molecular weight is 260 g/mol. The van der Waals surface area contributed by atoms with Crippen molar-refractivity contribution in [2.45, 2.75) is 19.9 Å². The van der Waals surface area contributed by atoms with Gasteiger partial charge in [0.25, 0.3) is 0 Å². The summed E-state index contributed by atoms with van der Waals surface area (Å²) in [7, 11) is 0. The van der Waals surface area contributed by atoms with Gasteiger partial charge in [-0.1, -0.05) is 6.92 Å². The maximum Gasteiger partial charge on any atom is 0.224 e. The Labute approximate surface area is 111 Å². The highest BCUT2D eigenvalue weighted by Crippen LogP contribution is 2.15. The summed E-state index contributed by atoms with van der Waals surface area (Å²) in [6.07, 6.45) is 0.498. The lowest BCUT2D eigenvalue weighted by Crippen LogP contribution is -2.09. The fourth-order valence-electron chi connectivity index (χ4n) is 1.52. The number of carbonyl (C=O) groups is 1. The first-order chi connectivity index (χ1) is 8.78. The van der Waals surface area contributed by atoms with Crippen LogP contribution < -0.4 is 10.6 Å². The van der Waals surface area contributed by atoms with E-state index >= 15 is 0 Å². The molecule has 0 aliphatic rings. The van der Waals surface area contributed by atoms with Crippen molar-refractivity contribution in [1.29, 1.82) is 0 Å². The number of hydrogen-bond acceptors (Lipinski definition) is 3. The molecule has 4 heteroatoms. The molecule has 0 aliphatic heterocycles. The van der Waals surface area contributed by atoms with Gasteiger partial charge in [0.2, 0.25) is 5.91 Å². The van der Waals surface area contributed by atoms with Crippen LogP contribution >= 0.6 is 11.3 Å². The van der Waals surface area contributed by atoms with E-state index in [0.29, 0.717) is 6.42 Å². The molecule has 1 aromatic heterocycles. The molecule has 0 fully saturated rings. The lowest BCUT2D eigenvalue weighted by molar-refractivity contribution is -0.115. The molecule has 94 valence electrons. The lowest BCUT2D eigenvalue weighted by Gasteiger charge is -2.07. The number of thiophene rings is 1. The second kappa shape index (κ2) is 6.21. The minimum atomic E-state index is 0.0361. The summed E-state index contributed by atoms with van der Waals surface area (Å²) in [5.74, 6) is 0.0361. The van der Waals surface area contributed by atoms with Crippen LogP contribution in [-0.2, 0) is 11.3 Å². The fourth-order valence-corrected chi connectivity index (χ4v) is 2.19. The monoisotopic (exact) mass is 260 g/mol. The highest BCUT2D eigenvalue weighted by Gasteiger charge is 1.99. The molecule has 1 heterocycles. The fraction of sp³-hybridized carbons (Fsp3) is 0.214. The van der Waals surface area contributed by atoms with Gasteiger partial charge in [-0.05, 0) is 46.7 Å². The number of carbonyl (C=O) groups excluding carboxylic acids is 1. The smallest absolute Gasteiger partial charge is 0.224 e. The quantitative estimate of drug-likeness (QED) is 0.860. The number of nitrogens with one attached hydrogen (secondary N) is 2. The molecule has 2 N–H and O–H groups in total. The van der Waals surface area contributed by atoms with Gasteiger partial charge >= 0.3 is 0 Å². The minimum absolute atomic E-state index is 0.0361. The molecule has 3 nitrogen and oxygen atoms in total. The van der Waals surface area contributed by atoms with E-state index in [9.17, 15) is 4.79 Å². The Morgan fingerprint density at radius 3 is 2.50 bits per heavy atom. The zero-order valence-corrected chi connectivity index (χ0v) is 11.1. The molecule has 2 rings (SSSR count). The van der Waals surface area contributed by atoms with Gasteiger partial charge in [0.15, 0.2) is 0 Å². The van der Waals surface area contributed by atoms with Crippen molar-refractivity contribution in [1.82, 2.24) is 0 Å². The van der Waals surface area contributed by atoms with Gasteiger partial charge in [0.1, 0.15) is 0 Å². The summed E-state index contributed by atoms with van der Waals surface area (Å²) < 4.78 is 0. The Hall–Kier alpha value is -1.81. The molecule has 0 radical (unpaired) electrons. The SMILES string of the molecule is CCC(=O)Nc1ccc(NCc2ccsc2)cc1. The van der Waals surface area contributed by atoms with Crippen molar-refractivity contribution < 1.29 is 4.79 Å². The summed E-state index contributed by atoms with van der Waals surface area (Å²) in [6, 6.07) is 9.86. The summed E-state index contributed by atoms with van der Waals surface area (Å²) in [5.41, 5.74) is 3.17. The second-order valence-electron chi connectivity index (χ2n) is 3.96. The molecule has 0 aliphatic carbocycles. The molecule has 1 amide bonds. The largest absolute Gasteiger partial charge is 0.381 e. The van der Waals surface area contributed by atoms with Gasteiger partial charge in [-0.25, -0.2) is 0 Å². The van der Waals surface area contributed by atoms with E-state index in [-0.39, 0.29) is 5.91 Å². The molecule has 0 bridgehead atoms. The van der Waals surface area contributed by atoms with Gasteiger partial charge in [-0.2, -0.15) is 11.3 Å². The van der Waals surface area contributed by atoms with E-state index in [0.717, 1.165) is 17.9 Å². The zero-order chi connectivity index (χ0) is 12.8. The molecule has 0 atom stereocenters. The zero-order valence-electron chi connectivity index (χ0n) is 10.3. The Balaban J connectivity index is 1.89. The predicted octanol–water partition coefficient (Wildman–Crippen LogP) is 3.71. The molecular formula is C14H16N2OS. The van der Waals surface area contributed by atoms with Gasteiger partial charge in [-0.3, -0.25) is 4.79 Å².